The molecule has 1 aromatic heterocycles. The summed E-state index contributed by atoms with van der Waals surface area (Å²) < 4.78 is 11.0. The molecule has 150 valence electrons. The van der Waals surface area contributed by atoms with Crippen molar-refractivity contribution in [2.45, 2.75) is 50.5 Å². The lowest BCUT2D eigenvalue weighted by atomic mass is 9.68. The minimum atomic E-state index is -0.584. The highest BCUT2D eigenvalue weighted by Gasteiger charge is 2.59. The van der Waals surface area contributed by atoms with Crippen molar-refractivity contribution in [3.05, 3.63) is 29.5 Å². The zero-order valence-corrected chi connectivity index (χ0v) is 17.1. The molecule has 1 N–H and O–H groups in total. The molecule has 6 rings (SSSR count). The number of H-pyrrole nitrogens is 1. The fraction of sp³-hybridized carbons (Fsp3) is 0.609. The molecule has 1 saturated carbocycles. The number of aromatic amines is 1. The summed E-state index contributed by atoms with van der Waals surface area (Å²) in [6.45, 7) is 4.42. The first-order chi connectivity index (χ1) is 13.6. The zero-order valence-electron chi connectivity index (χ0n) is 17.1. The Hall–Kier alpha value is -2.01. The Kier molecular flexibility index (Phi) is 4.20. The summed E-state index contributed by atoms with van der Waals surface area (Å²) in [7, 11) is 3.25. The van der Waals surface area contributed by atoms with Gasteiger partial charge in [-0.25, -0.2) is 0 Å². The van der Waals surface area contributed by atoms with E-state index >= 15 is 0 Å². The van der Waals surface area contributed by atoms with E-state index in [2.05, 4.69) is 28.9 Å². The minimum Gasteiger partial charge on any atom is -0.497 e. The van der Waals surface area contributed by atoms with Crippen molar-refractivity contribution in [1.82, 2.24) is 9.88 Å². The summed E-state index contributed by atoms with van der Waals surface area (Å²) in [5.41, 5.74) is 2.90. The molecule has 2 aromatic rings. The molecule has 5 heteroatoms. The smallest absolute Gasteiger partial charge is 0.319 e. The first-order valence-corrected chi connectivity index (χ1v) is 10.6. The maximum Gasteiger partial charge on any atom is 0.319 e. The van der Waals surface area contributed by atoms with E-state index in [0.717, 1.165) is 49.3 Å². The normalized spacial score (nSPS) is 33.8. The maximum absolute atomic E-state index is 13.5. The summed E-state index contributed by atoms with van der Waals surface area (Å²) in [6, 6.07) is 6.40. The fourth-order valence-corrected chi connectivity index (χ4v) is 6.42. The number of fused-ring (bicyclic) bond motifs is 5. The molecule has 0 amide bonds. The van der Waals surface area contributed by atoms with E-state index in [0.29, 0.717) is 11.8 Å². The van der Waals surface area contributed by atoms with E-state index in [1.165, 1.54) is 23.8 Å². The largest absolute Gasteiger partial charge is 0.497 e. The first kappa shape index (κ1) is 18.0. The number of piperidine rings is 1. The van der Waals surface area contributed by atoms with Crippen LogP contribution < -0.4 is 4.74 Å². The quantitative estimate of drug-likeness (QED) is 0.824. The van der Waals surface area contributed by atoms with Gasteiger partial charge in [0, 0.05) is 35.7 Å². The summed E-state index contributed by atoms with van der Waals surface area (Å²) in [4.78, 5) is 19.7. The monoisotopic (exact) mass is 382 g/mol. The second-order valence-corrected chi connectivity index (χ2v) is 8.93. The van der Waals surface area contributed by atoms with Crippen molar-refractivity contribution in [2.75, 3.05) is 27.3 Å². The molecule has 0 spiro atoms. The van der Waals surface area contributed by atoms with Crippen LogP contribution in [0.1, 0.15) is 43.9 Å². The third-order valence-electron chi connectivity index (χ3n) is 7.67. The van der Waals surface area contributed by atoms with Gasteiger partial charge in [-0.2, -0.15) is 0 Å². The molecule has 5 atom stereocenters. The third-order valence-corrected chi connectivity index (χ3v) is 7.67. The third kappa shape index (κ3) is 2.38. The Morgan fingerprint density at radius 1 is 1.32 bits per heavy atom. The summed E-state index contributed by atoms with van der Waals surface area (Å²) in [5.74, 6) is 2.04. The Balaban J connectivity index is 1.76. The van der Waals surface area contributed by atoms with Crippen LogP contribution in [-0.2, 0) is 21.4 Å². The Bertz CT molecular complexity index is 920. The van der Waals surface area contributed by atoms with E-state index in [-0.39, 0.29) is 12.0 Å². The summed E-state index contributed by atoms with van der Waals surface area (Å²) in [6.07, 6.45) is 5.36. The van der Waals surface area contributed by atoms with Crippen LogP contribution in [-0.4, -0.2) is 49.2 Å². The molecule has 5 nitrogen and oxygen atoms in total. The average molecular weight is 383 g/mol. The molecular weight excluding hydrogens is 352 g/mol. The first-order valence-electron chi connectivity index (χ1n) is 10.6. The van der Waals surface area contributed by atoms with Gasteiger partial charge >= 0.3 is 5.97 Å². The number of methoxy groups -OCH3 is 2. The number of aromatic nitrogens is 1. The molecule has 5 unspecified atom stereocenters. The van der Waals surface area contributed by atoms with E-state index in [1.807, 2.05) is 6.07 Å². The van der Waals surface area contributed by atoms with E-state index in [4.69, 9.17) is 9.47 Å². The Morgan fingerprint density at radius 2 is 2.18 bits per heavy atom. The van der Waals surface area contributed by atoms with Gasteiger partial charge in [0.25, 0.3) is 0 Å². The number of hydrogen-bond acceptors (Lipinski definition) is 4. The lowest BCUT2D eigenvalue weighted by molar-refractivity contribution is -0.154. The van der Waals surface area contributed by atoms with Crippen LogP contribution in [0.5, 0.6) is 5.75 Å². The van der Waals surface area contributed by atoms with Gasteiger partial charge in [-0.3, -0.25) is 9.69 Å². The molecule has 3 aliphatic heterocycles. The maximum atomic E-state index is 13.5. The number of hydrogen-bond donors (Lipinski definition) is 1. The van der Waals surface area contributed by atoms with Gasteiger partial charge in [0.05, 0.1) is 14.2 Å². The average Bonchev–Trinajstić information content (AvgIpc) is 2.83. The van der Waals surface area contributed by atoms with Crippen molar-refractivity contribution in [1.29, 1.82) is 0 Å². The van der Waals surface area contributed by atoms with Gasteiger partial charge < -0.3 is 14.5 Å². The van der Waals surface area contributed by atoms with Crippen LogP contribution in [0.3, 0.4) is 0 Å². The predicted octanol–water partition coefficient (Wildman–Crippen LogP) is 3.65. The second-order valence-electron chi connectivity index (χ2n) is 8.93. The van der Waals surface area contributed by atoms with Gasteiger partial charge in [0.1, 0.15) is 11.2 Å². The van der Waals surface area contributed by atoms with E-state index in [1.54, 1.807) is 14.2 Å². The summed E-state index contributed by atoms with van der Waals surface area (Å²) in [5, 5.41) is 1.19. The molecule has 1 aromatic carbocycles. The van der Waals surface area contributed by atoms with Crippen molar-refractivity contribution in [2.24, 2.45) is 11.8 Å². The van der Waals surface area contributed by atoms with Crippen LogP contribution in [0.2, 0.25) is 0 Å². The van der Waals surface area contributed by atoms with Crippen molar-refractivity contribution < 1.29 is 14.3 Å². The van der Waals surface area contributed by atoms with Crippen LogP contribution >= 0.6 is 0 Å². The van der Waals surface area contributed by atoms with Gasteiger partial charge in [-0.05, 0) is 61.3 Å². The Morgan fingerprint density at radius 3 is 2.93 bits per heavy atom. The lowest BCUT2D eigenvalue weighted by Crippen LogP contribution is -2.59. The van der Waals surface area contributed by atoms with Gasteiger partial charge in [0.2, 0.25) is 0 Å². The second kappa shape index (κ2) is 6.51. The number of nitrogens with zero attached hydrogens (tertiary/aromatic N) is 1. The van der Waals surface area contributed by atoms with Gasteiger partial charge in [-0.15, -0.1) is 0 Å². The number of carbonyl (C=O) groups is 1. The molecule has 2 saturated heterocycles. The van der Waals surface area contributed by atoms with Gasteiger partial charge in [0.15, 0.2) is 0 Å². The molecule has 4 bridgehead atoms. The molecule has 4 heterocycles. The van der Waals surface area contributed by atoms with Gasteiger partial charge in [-0.1, -0.05) is 13.3 Å². The van der Waals surface area contributed by atoms with Crippen molar-refractivity contribution in [3.63, 3.8) is 0 Å². The zero-order chi connectivity index (χ0) is 19.5. The number of nitrogens with one attached hydrogen (secondary N) is 1. The highest BCUT2D eigenvalue weighted by molar-refractivity contribution is 5.92. The molecule has 28 heavy (non-hydrogen) atoms. The number of benzene rings is 1. The molecule has 1 aliphatic carbocycles. The fourth-order valence-electron chi connectivity index (χ4n) is 6.42. The Labute approximate surface area is 166 Å². The van der Waals surface area contributed by atoms with Crippen LogP contribution in [0, 0.1) is 11.8 Å². The van der Waals surface area contributed by atoms with Crippen LogP contribution in [0.4, 0.5) is 0 Å². The molecular formula is C23H30N2O3. The van der Waals surface area contributed by atoms with Crippen LogP contribution in [0.25, 0.3) is 10.9 Å². The van der Waals surface area contributed by atoms with E-state index < -0.39 is 5.41 Å². The lowest BCUT2D eigenvalue weighted by Gasteiger charge is -2.47. The number of carbonyl (C=O) groups excluding carboxylic acids is 1. The van der Waals surface area contributed by atoms with Crippen LogP contribution in [0.15, 0.2) is 18.2 Å². The summed E-state index contributed by atoms with van der Waals surface area (Å²) >= 11 is 0. The highest BCUT2D eigenvalue weighted by Crippen LogP contribution is 2.53. The topological polar surface area (TPSA) is 54.6 Å². The minimum absolute atomic E-state index is 0.0642. The number of ether oxygens (including phenoxy) is 2. The van der Waals surface area contributed by atoms with Crippen molar-refractivity contribution >= 4 is 16.9 Å². The van der Waals surface area contributed by atoms with E-state index in [9.17, 15) is 4.79 Å². The van der Waals surface area contributed by atoms with Crippen molar-refractivity contribution in [3.8, 4) is 5.75 Å². The standard InChI is InChI=1S/C23H30N2O3/c1-4-14-9-15-12-23(22(26)28-3)20(10-14)25(13-15)8-7-17-18-11-16(27-2)5-6-19(18)24-21(17)23/h5-6,11,14-15,20,24H,4,7-10,12-13H2,1-3H3. The number of esters is 1. The molecule has 0 radical (unpaired) electrons. The predicted molar refractivity (Wildman–Crippen MR) is 109 cm³/mol. The SMILES string of the molecule is CCC1CC2CN3CCc4c([nH]c5ccc(OC)cc45)C(C(=O)OC)(C2)C3C1. The highest BCUT2D eigenvalue weighted by atomic mass is 16.5. The molecule has 3 fully saturated rings. The molecule has 4 aliphatic rings. The number of rotatable bonds is 3.